The molecule has 3 aliphatic rings. The molecule has 96 valence electrons. The Morgan fingerprint density at radius 3 is 2.35 bits per heavy atom. The molecule has 3 aliphatic heterocycles. The molecule has 0 spiro atoms. The van der Waals surface area contributed by atoms with E-state index >= 15 is 0 Å². The minimum absolute atomic E-state index is 0.135. The molecular weight excluding hydrogens is 236 g/mol. The van der Waals surface area contributed by atoms with E-state index in [1.54, 1.807) is 0 Å². The Labute approximate surface area is 103 Å². The van der Waals surface area contributed by atoms with Gasteiger partial charge in [-0.25, -0.2) is 8.42 Å². The smallest absolute Gasteiger partial charge is 0.173 e. The zero-order valence-electron chi connectivity index (χ0n) is 10.2. The zero-order chi connectivity index (χ0) is 12.0. The summed E-state index contributed by atoms with van der Waals surface area (Å²) in [6.07, 6.45) is 6.68. The van der Waals surface area contributed by atoms with E-state index in [1.165, 1.54) is 18.2 Å². The predicted octanol–water partition coefficient (Wildman–Crippen LogP) is 0.512. The second-order valence-electron chi connectivity index (χ2n) is 5.51. The fourth-order valence-electron chi connectivity index (χ4n) is 3.74. The van der Waals surface area contributed by atoms with Gasteiger partial charge in [-0.1, -0.05) is 6.08 Å². The van der Waals surface area contributed by atoms with Gasteiger partial charge in [-0.2, -0.15) is 0 Å². The van der Waals surface area contributed by atoms with Gasteiger partial charge in [0.25, 0.3) is 0 Å². The summed E-state index contributed by atoms with van der Waals surface area (Å²) < 4.78 is 23.0. The van der Waals surface area contributed by atoms with Gasteiger partial charge in [0.1, 0.15) is 0 Å². The van der Waals surface area contributed by atoms with E-state index < -0.39 is 9.84 Å². The number of sulfone groups is 1. The fraction of sp³-hybridized carbons (Fsp3) is 0.833. The monoisotopic (exact) mass is 256 g/mol. The minimum atomic E-state index is -2.92. The highest BCUT2D eigenvalue weighted by Crippen LogP contribution is 2.38. The van der Waals surface area contributed by atoms with Crippen LogP contribution in [0.4, 0.5) is 0 Å². The fourth-order valence-corrected chi connectivity index (χ4v) is 5.03. The molecule has 3 heterocycles. The van der Waals surface area contributed by atoms with E-state index in [2.05, 4.69) is 10.2 Å². The van der Waals surface area contributed by atoms with Crippen LogP contribution in [0.5, 0.6) is 0 Å². The Morgan fingerprint density at radius 1 is 1.24 bits per heavy atom. The molecule has 0 amide bonds. The Kier molecular flexibility index (Phi) is 2.80. The van der Waals surface area contributed by atoms with Crippen molar-refractivity contribution in [3.05, 3.63) is 11.5 Å². The summed E-state index contributed by atoms with van der Waals surface area (Å²) in [6.45, 7) is 0. The van der Waals surface area contributed by atoms with Crippen LogP contribution in [0.2, 0.25) is 0 Å². The van der Waals surface area contributed by atoms with Crippen molar-refractivity contribution >= 4 is 9.84 Å². The summed E-state index contributed by atoms with van der Waals surface area (Å²) in [4.78, 5) is 2.47. The Balaban J connectivity index is 1.76. The molecule has 5 heteroatoms. The lowest BCUT2D eigenvalue weighted by Crippen LogP contribution is -2.52. The quantitative estimate of drug-likeness (QED) is 0.782. The molecule has 0 radical (unpaired) electrons. The number of hydrogen-bond donors (Lipinski definition) is 1. The molecule has 17 heavy (non-hydrogen) atoms. The third-order valence-electron chi connectivity index (χ3n) is 4.49. The van der Waals surface area contributed by atoms with E-state index in [1.807, 2.05) is 13.1 Å². The van der Waals surface area contributed by atoms with Crippen molar-refractivity contribution in [2.24, 2.45) is 0 Å². The molecule has 0 saturated carbocycles. The summed E-state index contributed by atoms with van der Waals surface area (Å²) in [5, 5.41) is 4.77. The van der Waals surface area contributed by atoms with Crippen LogP contribution in [0.15, 0.2) is 11.5 Å². The molecule has 2 saturated heterocycles. The first-order valence-electron chi connectivity index (χ1n) is 6.45. The lowest BCUT2D eigenvalue weighted by molar-refractivity contribution is 0.100. The standard InChI is InChI=1S/C12H20N2O2S/c1-13-9-6-10-2-3-11(7-9)14(10)12-4-5-17(15,16)8-12/h4-5,9-13H,2-3,6-8H2,1H3. The van der Waals surface area contributed by atoms with Gasteiger partial charge in [-0.05, 0) is 32.7 Å². The van der Waals surface area contributed by atoms with E-state index in [9.17, 15) is 8.42 Å². The lowest BCUT2D eigenvalue weighted by Gasteiger charge is -2.41. The third kappa shape index (κ3) is 2.04. The maximum absolute atomic E-state index is 11.5. The Morgan fingerprint density at radius 2 is 1.88 bits per heavy atom. The van der Waals surface area contributed by atoms with Crippen LogP contribution in [0.25, 0.3) is 0 Å². The first-order valence-corrected chi connectivity index (χ1v) is 8.16. The van der Waals surface area contributed by atoms with Crippen LogP contribution < -0.4 is 5.32 Å². The van der Waals surface area contributed by atoms with Crippen LogP contribution in [0.3, 0.4) is 0 Å². The van der Waals surface area contributed by atoms with Crippen molar-refractivity contribution in [2.75, 3.05) is 12.8 Å². The summed E-state index contributed by atoms with van der Waals surface area (Å²) in [5.74, 6) is 0.296. The van der Waals surface area contributed by atoms with Gasteiger partial charge in [0, 0.05) is 29.6 Å². The second kappa shape index (κ2) is 4.07. The molecule has 3 atom stereocenters. The first kappa shape index (κ1) is 11.7. The normalized spacial score (nSPS) is 44.3. The highest BCUT2D eigenvalue weighted by molar-refractivity contribution is 7.94. The number of fused-ring (bicyclic) bond motifs is 2. The Hall–Kier alpha value is -0.390. The maximum atomic E-state index is 11.5. The van der Waals surface area contributed by atoms with Crippen molar-refractivity contribution in [2.45, 2.75) is 49.9 Å². The molecule has 0 aromatic heterocycles. The van der Waals surface area contributed by atoms with Gasteiger partial charge in [-0.15, -0.1) is 0 Å². The topological polar surface area (TPSA) is 49.4 Å². The third-order valence-corrected chi connectivity index (χ3v) is 5.87. The van der Waals surface area contributed by atoms with Gasteiger partial charge in [0.05, 0.1) is 5.75 Å². The lowest BCUT2D eigenvalue weighted by atomic mass is 9.96. The summed E-state index contributed by atoms with van der Waals surface area (Å²) in [5.41, 5.74) is 0. The van der Waals surface area contributed by atoms with Gasteiger partial charge in [0.2, 0.25) is 0 Å². The highest BCUT2D eigenvalue weighted by atomic mass is 32.2. The van der Waals surface area contributed by atoms with Gasteiger partial charge >= 0.3 is 0 Å². The van der Waals surface area contributed by atoms with Crippen LogP contribution in [0, 0.1) is 0 Å². The van der Waals surface area contributed by atoms with Gasteiger partial charge in [0.15, 0.2) is 9.84 Å². The van der Waals surface area contributed by atoms with E-state index in [0.29, 0.717) is 23.9 Å². The number of rotatable bonds is 2. The highest BCUT2D eigenvalue weighted by Gasteiger charge is 2.44. The molecule has 2 fully saturated rings. The molecular formula is C12H20N2O2S. The molecule has 2 bridgehead atoms. The van der Waals surface area contributed by atoms with Crippen LogP contribution in [-0.4, -0.2) is 50.3 Å². The molecule has 3 unspecified atom stereocenters. The molecule has 4 nitrogen and oxygen atoms in total. The van der Waals surface area contributed by atoms with Crippen LogP contribution in [0.1, 0.15) is 25.7 Å². The second-order valence-corrected chi connectivity index (χ2v) is 7.45. The summed E-state index contributed by atoms with van der Waals surface area (Å²) in [7, 11) is -0.893. The molecule has 0 aromatic rings. The van der Waals surface area contributed by atoms with Crippen molar-refractivity contribution in [3.8, 4) is 0 Å². The molecule has 3 rings (SSSR count). The van der Waals surface area contributed by atoms with E-state index in [-0.39, 0.29) is 6.04 Å². The minimum Gasteiger partial charge on any atom is -0.317 e. The van der Waals surface area contributed by atoms with Crippen molar-refractivity contribution in [3.63, 3.8) is 0 Å². The van der Waals surface area contributed by atoms with E-state index in [4.69, 9.17) is 0 Å². The van der Waals surface area contributed by atoms with Crippen molar-refractivity contribution < 1.29 is 8.42 Å². The van der Waals surface area contributed by atoms with Gasteiger partial charge < -0.3 is 5.32 Å². The predicted molar refractivity (Wildman–Crippen MR) is 67.4 cm³/mol. The Bertz CT molecular complexity index is 418. The summed E-state index contributed by atoms with van der Waals surface area (Å²) >= 11 is 0. The number of nitrogens with one attached hydrogen (secondary N) is 1. The number of nitrogens with zero attached hydrogens (tertiary/aromatic N) is 1. The average molecular weight is 256 g/mol. The average Bonchev–Trinajstić information content (AvgIpc) is 2.76. The largest absolute Gasteiger partial charge is 0.317 e. The maximum Gasteiger partial charge on any atom is 0.173 e. The molecule has 0 aliphatic carbocycles. The molecule has 1 N–H and O–H groups in total. The number of hydrogen-bond acceptors (Lipinski definition) is 4. The number of piperidine rings is 1. The van der Waals surface area contributed by atoms with Gasteiger partial charge in [-0.3, -0.25) is 4.90 Å². The van der Waals surface area contributed by atoms with E-state index in [0.717, 1.165) is 12.8 Å². The SMILES string of the molecule is CNC1CC2CCC(C1)N2C1C=CS(=O)(=O)C1. The summed E-state index contributed by atoms with van der Waals surface area (Å²) in [6, 6.07) is 1.91. The van der Waals surface area contributed by atoms with Crippen LogP contribution in [-0.2, 0) is 9.84 Å². The first-order chi connectivity index (χ1) is 8.09. The van der Waals surface area contributed by atoms with Crippen LogP contribution >= 0.6 is 0 Å². The zero-order valence-corrected chi connectivity index (χ0v) is 11.0. The van der Waals surface area contributed by atoms with Crippen molar-refractivity contribution in [1.82, 2.24) is 10.2 Å². The molecule has 0 aromatic carbocycles. The van der Waals surface area contributed by atoms with Crippen molar-refractivity contribution in [1.29, 1.82) is 0 Å².